The Hall–Kier alpha value is -0.680. The van der Waals surface area contributed by atoms with Crippen molar-refractivity contribution in [3.8, 4) is 0 Å². The number of nitrogens with zero attached hydrogens (tertiary/aromatic N) is 1. The van der Waals surface area contributed by atoms with Crippen LogP contribution in [0, 0.1) is 11.3 Å². The molecular formula is C14H23NO3S. The van der Waals surface area contributed by atoms with Crippen molar-refractivity contribution in [1.29, 1.82) is 0 Å². The van der Waals surface area contributed by atoms with E-state index in [9.17, 15) is 15.0 Å². The van der Waals surface area contributed by atoms with Crippen molar-refractivity contribution in [2.24, 2.45) is 11.3 Å². The van der Waals surface area contributed by atoms with Gasteiger partial charge in [-0.2, -0.15) is 0 Å². The normalized spacial score (nSPS) is 35.1. The van der Waals surface area contributed by atoms with E-state index in [2.05, 4.69) is 20.8 Å². The Morgan fingerprint density at radius 1 is 1.63 bits per heavy atom. The molecule has 5 heteroatoms. The van der Waals surface area contributed by atoms with Gasteiger partial charge in [-0.05, 0) is 19.1 Å². The number of hydrogen-bond donors (Lipinski definition) is 2. The summed E-state index contributed by atoms with van der Waals surface area (Å²) in [6.45, 7) is 8.69. The summed E-state index contributed by atoms with van der Waals surface area (Å²) in [5.41, 5.74) is 0.267. The number of fused-ring (bicyclic) bond motifs is 1. The lowest BCUT2D eigenvalue weighted by atomic mass is 9.67. The Labute approximate surface area is 118 Å². The van der Waals surface area contributed by atoms with Crippen molar-refractivity contribution in [2.75, 3.05) is 12.3 Å². The van der Waals surface area contributed by atoms with Crippen LogP contribution in [0.25, 0.3) is 0 Å². The Balaban J connectivity index is 2.28. The molecule has 19 heavy (non-hydrogen) atoms. The van der Waals surface area contributed by atoms with Gasteiger partial charge in [-0.15, -0.1) is 11.8 Å². The second kappa shape index (κ2) is 5.02. The van der Waals surface area contributed by atoms with E-state index in [-0.39, 0.29) is 17.4 Å². The summed E-state index contributed by atoms with van der Waals surface area (Å²) in [6, 6.07) is 0.123. The molecule has 1 fully saturated rings. The minimum Gasteiger partial charge on any atom is -0.477 e. The predicted molar refractivity (Wildman–Crippen MR) is 76.9 cm³/mol. The number of thioether (sulfide) groups is 1. The molecule has 0 aromatic rings. The molecule has 108 valence electrons. The summed E-state index contributed by atoms with van der Waals surface area (Å²) in [6.07, 6.45) is 0.619. The summed E-state index contributed by atoms with van der Waals surface area (Å²) in [5, 5.41) is 19.4. The first-order chi connectivity index (χ1) is 8.84. The maximum atomic E-state index is 11.5. The molecule has 1 saturated heterocycles. The van der Waals surface area contributed by atoms with Crippen molar-refractivity contribution >= 4 is 17.7 Å². The number of hydrogen-bond acceptors (Lipinski definition) is 4. The van der Waals surface area contributed by atoms with Crippen LogP contribution in [0.3, 0.4) is 0 Å². The van der Waals surface area contributed by atoms with Crippen molar-refractivity contribution < 1.29 is 15.0 Å². The zero-order chi connectivity index (χ0) is 14.4. The van der Waals surface area contributed by atoms with Crippen LogP contribution in [0.15, 0.2) is 10.6 Å². The third-order valence-electron chi connectivity index (χ3n) is 4.55. The zero-order valence-corrected chi connectivity index (χ0v) is 12.8. The van der Waals surface area contributed by atoms with E-state index in [1.54, 1.807) is 11.8 Å². The molecule has 3 unspecified atom stereocenters. The Morgan fingerprint density at radius 3 is 2.74 bits per heavy atom. The standard InChI is InChI=1S/C14H23NO3S/c1-5-6-19-11-8(2)12-14(4,9(3)16)7-15(12)10(11)13(17)18/h8-9,12,16H,5-7H2,1-4H3,(H,17,18)/t8-,9?,12?,14?/m0/s1. The highest BCUT2D eigenvalue weighted by Gasteiger charge is 2.60. The lowest BCUT2D eigenvalue weighted by molar-refractivity contribution is -0.144. The zero-order valence-electron chi connectivity index (χ0n) is 12.0. The van der Waals surface area contributed by atoms with Crippen molar-refractivity contribution in [1.82, 2.24) is 4.90 Å². The fourth-order valence-electron chi connectivity index (χ4n) is 3.38. The van der Waals surface area contributed by atoms with Crippen LogP contribution in [0.5, 0.6) is 0 Å². The highest BCUT2D eigenvalue weighted by molar-refractivity contribution is 8.03. The van der Waals surface area contributed by atoms with Crippen LogP contribution in [0.1, 0.15) is 34.1 Å². The maximum absolute atomic E-state index is 11.5. The van der Waals surface area contributed by atoms with Gasteiger partial charge in [-0.25, -0.2) is 4.79 Å². The molecule has 0 aliphatic carbocycles. The summed E-state index contributed by atoms with van der Waals surface area (Å²) < 4.78 is 0. The van der Waals surface area contributed by atoms with E-state index in [1.165, 1.54) is 0 Å². The third-order valence-corrected chi connectivity index (χ3v) is 6.04. The van der Waals surface area contributed by atoms with Gasteiger partial charge in [0.25, 0.3) is 0 Å². The largest absolute Gasteiger partial charge is 0.477 e. The Bertz CT molecular complexity index is 421. The minimum absolute atomic E-state index is 0.123. The number of carboxylic acid groups (broad SMARTS) is 1. The molecule has 4 atom stereocenters. The fraction of sp³-hybridized carbons (Fsp3) is 0.786. The molecule has 2 aliphatic rings. The van der Waals surface area contributed by atoms with E-state index in [0.29, 0.717) is 12.2 Å². The number of aliphatic carboxylic acids is 1. The Morgan fingerprint density at radius 2 is 2.26 bits per heavy atom. The first-order valence-electron chi connectivity index (χ1n) is 6.89. The van der Waals surface area contributed by atoms with Crippen molar-refractivity contribution in [2.45, 2.75) is 46.3 Å². The van der Waals surface area contributed by atoms with Crippen molar-refractivity contribution in [3.63, 3.8) is 0 Å². The highest BCUT2D eigenvalue weighted by Crippen LogP contribution is 2.55. The number of aliphatic hydroxyl groups is 1. The molecule has 2 N–H and O–H groups in total. The van der Waals surface area contributed by atoms with Gasteiger partial charge >= 0.3 is 5.97 Å². The Kier molecular flexibility index (Phi) is 3.89. The molecule has 0 saturated carbocycles. The molecule has 0 aromatic heterocycles. The molecule has 0 amide bonds. The minimum atomic E-state index is -0.833. The van der Waals surface area contributed by atoms with Crippen LogP contribution in [0.4, 0.5) is 0 Å². The summed E-state index contributed by atoms with van der Waals surface area (Å²) in [5.74, 6) is 0.305. The monoisotopic (exact) mass is 285 g/mol. The van der Waals surface area contributed by atoms with E-state index >= 15 is 0 Å². The first kappa shape index (κ1) is 14.7. The van der Waals surface area contributed by atoms with Crippen LogP contribution in [-0.2, 0) is 4.79 Å². The van der Waals surface area contributed by atoms with Gasteiger partial charge < -0.3 is 15.1 Å². The second-order valence-electron chi connectivity index (χ2n) is 5.91. The lowest BCUT2D eigenvalue weighted by Gasteiger charge is -2.57. The van der Waals surface area contributed by atoms with Gasteiger partial charge in [0.15, 0.2) is 0 Å². The molecule has 2 heterocycles. The van der Waals surface area contributed by atoms with Crippen LogP contribution in [0.2, 0.25) is 0 Å². The number of carbonyl (C=O) groups is 1. The van der Waals surface area contributed by atoms with E-state index in [1.807, 2.05) is 11.8 Å². The van der Waals surface area contributed by atoms with Gasteiger partial charge in [-0.3, -0.25) is 0 Å². The van der Waals surface area contributed by atoms with Crippen LogP contribution in [-0.4, -0.2) is 45.5 Å². The highest BCUT2D eigenvalue weighted by atomic mass is 32.2. The van der Waals surface area contributed by atoms with Crippen LogP contribution < -0.4 is 0 Å². The molecule has 4 nitrogen and oxygen atoms in total. The predicted octanol–water partition coefficient (Wildman–Crippen LogP) is 2.15. The number of aliphatic hydroxyl groups excluding tert-OH is 1. The fourth-order valence-corrected chi connectivity index (χ4v) is 4.54. The maximum Gasteiger partial charge on any atom is 0.353 e. The topological polar surface area (TPSA) is 60.8 Å². The van der Waals surface area contributed by atoms with Gasteiger partial charge in [0.05, 0.1) is 6.10 Å². The molecular weight excluding hydrogens is 262 g/mol. The van der Waals surface area contributed by atoms with Crippen molar-refractivity contribution in [3.05, 3.63) is 10.6 Å². The van der Waals surface area contributed by atoms with Gasteiger partial charge in [0.1, 0.15) is 5.70 Å². The molecule has 2 rings (SSSR count). The molecule has 0 spiro atoms. The second-order valence-corrected chi connectivity index (χ2v) is 7.05. The first-order valence-corrected chi connectivity index (χ1v) is 7.88. The molecule has 0 radical (unpaired) electrons. The van der Waals surface area contributed by atoms with Gasteiger partial charge in [0, 0.05) is 28.8 Å². The van der Waals surface area contributed by atoms with Gasteiger partial charge in [0.2, 0.25) is 0 Å². The quantitative estimate of drug-likeness (QED) is 0.810. The average Bonchev–Trinajstić information content (AvgIpc) is 2.53. The summed E-state index contributed by atoms with van der Waals surface area (Å²) >= 11 is 1.66. The lowest BCUT2D eigenvalue weighted by Crippen LogP contribution is -2.66. The third kappa shape index (κ3) is 2.07. The molecule has 2 aliphatic heterocycles. The molecule has 0 aromatic carbocycles. The molecule has 0 bridgehead atoms. The van der Waals surface area contributed by atoms with E-state index < -0.39 is 12.1 Å². The average molecular weight is 285 g/mol. The smallest absolute Gasteiger partial charge is 0.353 e. The van der Waals surface area contributed by atoms with E-state index in [4.69, 9.17) is 0 Å². The van der Waals surface area contributed by atoms with E-state index in [0.717, 1.165) is 17.1 Å². The number of carboxylic acids is 1. The summed E-state index contributed by atoms with van der Waals surface area (Å²) in [4.78, 5) is 14.5. The SMILES string of the molecule is CCCSC1=C(C(=O)O)N2CC(C)(C(C)O)C2[C@H]1C. The number of rotatable bonds is 5. The van der Waals surface area contributed by atoms with Gasteiger partial charge in [-0.1, -0.05) is 20.8 Å². The summed E-state index contributed by atoms with van der Waals surface area (Å²) in [7, 11) is 0. The van der Waals surface area contributed by atoms with Crippen LogP contribution >= 0.6 is 11.8 Å².